The van der Waals surface area contributed by atoms with Crippen molar-refractivity contribution in [3.05, 3.63) is 41.7 Å². The summed E-state index contributed by atoms with van der Waals surface area (Å²) in [6.07, 6.45) is 0.831. The Morgan fingerprint density at radius 2 is 2.00 bits per heavy atom. The van der Waals surface area contributed by atoms with Crippen LogP contribution in [0.15, 0.2) is 30.3 Å². The molecule has 0 aliphatic rings. The predicted octanol–water partition coefficient (Wildman–Crippen LogP) is 2.72. The number of benzene rings is 1. The first-order chi connectivity index (χ1) is 10.6. The number of nitrogens with one attached hydrogen (secondary N) is 2. The highest BCUT2D eigenvalue weighted by molar-refractivity contribution is 5.89. The predicted molar refractivity (Wildman–Crippen MR) is 86.3 cm³/mol. The van der Waals surface area contributed by atoms with Crippen LogP contribution >= 0.6 is 0 Å². The van der Waals surface area contributed by atoms with Gasteiger partial charge >= 0.3 is 6.03 Å². The summed E-state index contributed by atoms with van der Waals surface area (Å²) in [5.74, 6) is 0.760. The molecule has 2 aromatic rings. The maximum absolute atomic E-state index is 11.8. The molecule has 22 heavy (non-hydrogen) atoms. The van der Waals surface area contributed by atoms with Gasteiger partial charge in [-0.3, -0.25) is 4.68 Å². The lowest BCUT2D eigenvalue weighted by molar-refractivity contribution is 0.251. The minimum atomic E-state index is -0.210. The molecule has 0 atom stereocenters. The van der Waals surface area contributed by atoms with E-state index in [1.165, 1.54) is 0 Å². The molecule has 0 bridgehead atoms. The van der Waals surface area contributed by atoms with Gasteiger partial charge in [-0.15, -0.1) is 0 Å². The summed E-state index contributed by atoms with van der Waals surface area (Å²) in [6.45, 7) is 5.40. The van der Waals surface area contributed by atoms with Crippen LogP contribution in [-0.2, 0) is 6.54 Å². The largest absolute Gasteiger partial charge is 0.497 e. The number of ether oxygens (including phenoxy) is 1. The number of methoxy groups -OCH3 is 1. The van der Waals surface area contributed by atoms with Crippen LogP contribution in [0, 0.1) is 13.8 Å². The number of nitrogens with zero attached hydrogens (tertiary/aromatic N) is 2. The molecule has 6 nitrogen and oxygen atoms in total. The second kappa shape index (κ2) is 7.49. The van der Waals surface area contributed by atoms with Crippen molar-refractivity contribution in [2.75, 3.05) is 19.0 Å². The number of carbonyl (C=O) groups excluding carboxylic acids is 1. The smallest absolute Gasteiger partial charge is 0.319 e. The Hall–Kier alpha value is -2.50. The molecule has 1 heterocycles. The molecule has 0 aliphatic heterocycles. The Balaban J connectivity index is 1.70. The summed E-state index contributed by atoms with van der Waals surface area (Å²) in [5.41, 5.74) is 2.89. The topological polar surface area (TPSA) is 68.2 Å². The van der Waals surface area contributed by atoms with Gasteiger partial charge in [-0.2, -0.15) is 5.10 Å². The Kier molecular flexibility index (Phi) is 5.41. The van der Waals surface area contributed by atoms with Crippen LogP contribution in [0.3, 0.4) is 0 Å². The second-order valence-electron chi connectivity index (χ2n) is 5.11. The number of hydrogen-bond acceptors (Lipinski definition) is 3. The number of rotatable bonds is 6. The van der Waals surface area contributed by atoms with Crippen LogP contribution in [0.5, 0.6) is 5.75 Å². The van der Waals surface area contributed by atoms with Gasteiger partial charge in [0, 0.05) is 24.5 Å². The Morgan fingerprint density at radius 3 is 2.59 bits per heavy atom. The van der Waals surface area contributed by atoms with E-state index >= 15 is 0 Å². The van der Waals surface area contributed by atoms with Crippen molar-refractivity contribution in [1.29, 1.82) is 0 Å². The molecule has 0 aliphatic carbocycles. The van der Waals surface area contributed by atoms with E-state index in [1.54, 1.807) is 31.4 Å². The quantitative estimate of drug-likeness (QED) is 0.806. The van der Waals surface area contributed by atoms with E-state index in [1.807, 2.05) is 24.6 Å². The van der Waals surface area contributed by atoms with Crippen molar-refractivity contribution in [3.63, 3.8) is 0 Å². The summed E-state index contributed by atoms with van der Waals surface area (Å²) in [6, 6.07) is 9.04. The van der Waals surface area contributed by atoms with Crippen molar-refractivity contribution >= 4 is 11.7 Å². The molecular weight excluding hydrogens is 280 g/mol. The molecule has 6 heteroatoms. The fourth-order valence-corrected chi connectivity index (χ4v) is 2.18. The minimum Gasteiger partial charge on any atom is -0.497 e. The summed E-state index contributed by atoms with van der Waals surface area (Å²) in [4.78, 5) is 11.8. The van der Waals surface area contributed by atoms with Crippen LogP contribution in [-0.4, -0.2) is 29.5 Å². The molecule has 0 radical (unpaired) electrons. The van der Waals surface area contributed by atoms with Crippen molar-refractivity contribution in [2.24, 2.45) is 0 Å². The molecule has 0 fully saturated rings. The normalized spacial score (nSPS) is 10.3. The van der Waals surface area contributed by atoms with E-state index in [-0.39, 0.29) is 6.03 Å². The van der Waals surface area contributed by atoms with Crippen LogP contribution in [0.2, 0.25) is 0 Å². The number of aromatic nitrogens is 2. The Morgan fingerprint density at radius 1 is 1.27 bits per heavy atom. The molecule has 1 aromatic heterocycles. The zero-order valence-corrected chi connectivity index (χ0v) is 13.2. The number of aryl methyl sites for hydroxylation is 3. The standard InChI is InChI=1S/C16H22N4O2/c1-12-11-13(2)20(19-12)10-4-9-17-16(21)18-14-5-7-15(22-3)8-6-14/h5-8,11H,4,9-10H2,1-3H3,(H2,17,18,21). The van der Waals surface area contributed by atoms with Crippen LogP contribution in [0.4, 0.5) is 10.5 Å². The average Bonchev–Trinajstić information content (AvgIpc) is 2.82. The van der Waals surface area contributed by atoms with Crippen LogP contribution in [0.1, 0.15) is 17.8 Å². The fourth-order valence-electron chi connectivity index (χ4n) is 2.18. The zero-order valence-electron chi connectivity index (χ0n) is 13.2. The SMILES string of the molecule is COc1ccc(NC(=O)NCCCn2nc(C)cc2C)cc1. The van der Waals surface area contributed by atoms with Gasteiger partial charge in [0.25, 0.3) is 0 Å². The van der Waals surface area contributed by atoms with E-state index in [4.69, 9.17) is 4.74 Å². The molecule has 0 spiro atoms. The van der Waals surface area contributed by atoms with E-state index in [9.17, 15) is 4.79 Å². The highest BCUT2D eigenvalue weighted by Crippen LogP contribution is 2.14. The van der Waals surface area contributed by atoms with Crippen molar-refractivity contribution in [2.45, 2.75) is 26.8 Å². The first-order valence-corrected chi connectivity index (χ1v) is 7.28. The summed E-state index contributed by atoms with van der Waals surface area (Å²) >= 11 is 0. The third-order valence-electron chi connectivity index (χ3n) is 3.28. The highest BCUT2D eigenvalue weighted by atomic mass is 16.5. The van der Waals surface area contributed by atoms with Gasteiger partial charge in [-0.05, 0) is 50.6 Å². The maximum atomic E-state index is 11.8. The lowest BCUT2D eigenvalue weighted by atomic mass is 10.3. The maximum Gasteiger partial charge on any atom is 0.319 e. The number of carbonyl (C=O) groups is 1. The van der Waals surface area contributed by atoms with Crippen molar-refractivity contribution < 1.29 is 9.53 Å². The summed E-state index contributed by atoms with van der Waals surface area (Å²) in [7, 11) is 1.61. The van der Waals surface area contributed by atoms with Gasteiger partial charge in [0.05, 0.1) is 12.8 Å². The molecule has 118 valence electrons. The van der Waals surface area contributed by atoms with Crippen LogP contribution < -0.4 is 15.4 Å². The summed E-state index contributed by atoms with van der Waals surface area (Å²) < 4.78 is 7.03. The third-order valence-corrected chi connectivity index (χ3v) is 3.28. The van der Waals surface area contributed by atoms with E-state index in [2.05, 4.69) is 15.7 Å². The Bertz CT molecular complexity index is 620. The fraction of sp³-hybridized carbons (Fsp3) is 0.375. The number of urea groups is 1. The van der Waals surface area contributed by atoms with Gasteiger partial charge in [0.1, 0.15) is 5.75 Å². The molecule has 2 rings (SSSR count). The highest BCUT2D eigenvalue weighted by Gasteiger charge is 2.03. The molecule has 2 amide bonds. The van der Waals surface area contributed by atoms with E-state index in [0.29, 0.717) is 6.54 Å². The molecule has 1 aromatic carbocycles. The van der Waals surface area contributed by atoms with Gasteiger partial charge in [-0.25, -0.2) is 4.79 Å². The first kappa shape index (κ1) is 15.9. The van der Waals surface area contributed by atoms with Gasteiger partial charge in [-0.1, -0.05) is 0 Å². The van der Waals surface area contributed by atoms with Crippen molar-refractivity contribution in [3.8, 4) is 5.75 Å². The molecule has 2 N–H and O–H groups in total. The monoisotopic (exact) mass is 302 g/mol. The third kappa shape index (κ3) is 4.51. The lowest BCUT2D eigenvalue weighted by Crippen LogP contribution is -2.30. The number of amides is 2. The Labute approximate surface area is 130 Å². The van der Waals surface area contributed by atoms with E-state index < -0.39 is 0 Å². The number of anilines is 1. The minimum absolute atomic E-state index is 0.210. The van der Waals surface area contributed by atoms with Gasteiger partial charge < -0.3 is 15.4 Å². The van der Waals surface area contributed by atoms with Gasteiger partial charge in [0.15, 0.2) is 0 Å². The molecule has 0 unspecified atom stereocenters. The molecule has 0 saturated carbocycles. The number of hydrogen-bond donors (Lipinski definition) is 2. The molecular formula is C16H22N4O2. The second-order valence-corrected chi connectivity index (χ2v) is 5.11. The zero-order chi connectivity index (χ0) is 15.9. The van der Waals surface area contributed by atoms with Crippen LogP contribution in [0.25, 0.3) is 0 Å². The summed E-state index contributed by atoms with van der Waals surface area (Å²) in [5, 5.41) is 10.0. The molecule has 0 saturated heterocycles. The average molecular weight is 302 g/mol. The van der Waals surface area contributed by atoms with E-state index in [0.717, 1.165) is 35.8 Å². The van der Waals surface area contributed by atoms with Crippen molar-refractivity contribution in [1.82, 2.24) is 15.1 Å². The lowest BCUT2D eigenvalue weighted by Gasteiger charge is -2.09. The van der Waals surface area contributed by atoms with Gasteiger partial charge in [0.2, 0.25) is 0 Å². The first-order valence-electron chi connectivity index (χ1n) is 7.28.